The largest absolute Gasteiger partial charge is 0.496 e. The number of rotatable bonds is 5. The first kappa shape index (κ1) is 14.9. The van der Waals surface area contributed by atoms with Crippen LogP contribution < -0.4 is 10.1 Å². The molecule has 1 heterocycles. The van der Waals surface area contributed by atoms with E-state index >= 15 is 0 Å². The van der Waals surface area contributed by atoms with Gasteiger partial charge in [0, 0.05) is 20.8 Å². The van der Waals surface area contributed by atoms with E-state index in [-0.39, 0.29) is 0 Å². The van der Waals surface area contributed by atoms with Crippen molar-refractivity contribution in [1.29, 1.82) is 0 Å². The molecule has 1 N–H and O–H groups in total. The maximum absolute atomic E-state index is 6.13. The fraction of sp³-hybridized carbons (Fsp3) is 0.412. The van der Waals surface area contributed by atoms with Gasteiger partial charge in [-0.3, -0.25) is 0 Å². The molecule has 1 atom stereocenters. The quantitative estimate of drug-likeness (QED) is 0.881. The highest BCUT2D eigenvalue weighted by molar-refractivity contribution is 7.12. The number of ether oxygens (including phenoxy) is 1. The van der Waals surface area contributed by atoms with Crippen molar-refractivity contribution in [3.05, 3.63) is 50.2 Å². The van der Waals surface area contributed by atoms with Crippen LogP contribution in [0, 0.1) is 0 Å². The van der Waals surface area contributed by atoms with Gasteiger partial charge in [0.25, 0.3) is 0 Å². The van der Waals surface area contributed by atoms with Gasteiger partial charge in [-0.2, -0.15) is 0 Å². The zero-order chi connectivity index (χ0) is 14.8. The van der Waals surface area contributed by atoms with E-state index in [0.717, 1.165) is 22.8 Å². The molecule has 2 aromatic rings. The topological polar surface area (TPSA) is 21.3 Å². The van der Waals surface area contributed by atoms with Crippen molar-refractivity contribution < 1.29 is 4.74 Å². The summed E-state index contributed by atoms with van der Waals surface area (Å²) in [6.07, 6.45) is 4.69. The summed E-state index contributed by atoms with van der Waals surface area (Å²) < 4.78 is 5.46. The van der Waals surface area contributed by atoms with Gasteiger partial charge in [0.1, 0.15) is 5.75 Å². The average Bonchev–Trinajstić information content (AvgIpc) is 3.06. The van der Waals surface area contributed by atoms with Crippen LogP contribution in [0.25, 0.3) is 0 Å². The molecule has 2 nitrogen and oxygen atoms in total. The molecule has 0 radical (unpaired) electrons. The first-order chi connectivity index (χ1) is 10.2. The molecule has 21 heavy (non-hydrogen) atoms. The molecule has 3 rings (SSSR count). The van der Waals surface area contributed by atoms with Gasteiger partial charge in [0.05, 0.1) is 7.11 Å². The van der Waals surface area contributed by atoms with Gasteiger partial charge in [0.2, 0.25) is 0 Å². The van der Waals surface area contributed by atoms with Gasteiger partial charge in [-0.1, -0.05) is 11.6 Å². The summed E-state index contributed by atoms with van der Waals surface area (Å²) in [5, 5.41) is 4.20. The Morgan fingerprint density at radius 1 is 1.33 bits per heavy atom. The molecule has 0 aliphatic heterocycles. The van der Waals surface area contributed by atoms with Crippen molar-refractivity contribution in [2.24, 2.45) is 0 Å². The zero-order valence-electron chi connectivity index (χ0n) is 12.4. The van der Waals surface area contributed by atoms with Gasteiger partial charge >= 0.3 is 0 Å². The first-order valence-corrected chi connectivity index (χ1v) is 8.52. The monoisotopic (exact) mass is 321 g/mol. The zero-order valence-corrected chi connectivity index (χ0v) is 14.0. The molecule has 1 aliphatic rings. The lowest BCUT2D eigenvalue weighted by atomic mass is 10.0. The lowest BCUT2D eigenvalue weighted by molar-refractivity contribution is 0.406. The van der Waals surface area contributed by atoms with Gasteiger partial charge in [-0.15, -0.1) is 11.3 Å². The molecule has 0 bridgehead atoms. The van der Waals surface area contributed by atoms with Crippen LogP contribution in [-0.4, -0.2) is 14.2 Å². The van der Waals surface area contributed by atoms with E-state index in [0.29, 0.717) is 6.04 Å². The van der Waals surface area contributed by atoms with Crippen molar-refractivity contribution in [3.8, 4) is 5.75 Å². The molecule has 1 aliphatic carbocycles. The number of halogens is 1. The average molecular weight is 322 g/mol. The minimum atomic E-state index is 0.313. The molecule has 112 valence electrons. The van der Waals surface area contributed by atoms with Crippen LogP contribution >= 0.6 is 22.9 Å². The van der Waals surface area contributed by atoms with E-state index in [1.165, 1.54) is 24.1 Å². The number of fused-ring (bicyclic) bond motifs is 1. The Kier molecular flexibility index (Phi) is 4.53. The van der Waals surface area contributed by atoms with Crippen LogP contribution in [0.1, 0.15) is 33.3 Å². The Labute approximate surface area is 135 Å². The minimum absolute atomic E-state index is 0.313. The third-order valence-corrected chi connectivity index (χ3v) is 5.71. The van der Waals surface area contributed by atoms with Crippen LogP contribution in [0.2, 0.25) is 5.02 Å². The third-order valence-electron chi connectivity index (χ3n) is 4.12. The van der Waals surface area contributed by atoms with E-state index < -0.39 is 0 Å². The van der Waals surface area contributed by atoms with E-state index in [9.17, 15) is 0 Å². The molecule has 1 unspecified atom stereocenters. The molecule has 1 aromatic carbocycles. The van der Waals surface area contributed by atoms with E-state index in [1.54, 1.807) is 17.6 Å². The standard InChI is InChI=1S/C17H20ClNOS/c1-19-14(17-10-11-4-3-5-16(11)21-17)9-12-8-13(18)6-7-15(12)20-2/h6-8,10,14,19H,3-5,9H2,1-2H3. The number of benzene rings is 1. The summed E-state index contributed by atoms with van der Waals surface area (Å²) in [5.74, 6) is 0.906. The Hall–Kier alpha value is -1.03. The Bertz CT molecular complexity index is 616. The number of hydrogen-bond acceptors (Lipinski definition) is 3. The normalized spacial score (nSPS) is 15.0. The molecular formula is C17H20ClNOS. The number of nitrogens with one attached hydrogen (secondary N) is 1. The fourth-order valence-corrected chi connectivity index (χ4v) is 4.56. The van der Waals surface area contributed by atoms with Crippen LogP contribution in [0.4, 0.5) is 0 Å². The van der Waals surface area contributed by atoms with E-state index in [1.807, 2.05) is 36.6 Å². The van der Waals surface area contributed by atoms with Crippen LogP contribution in [-0.2, 0) is 19.3 Å². The molecule has 0 amide bonds. The van der Waals surface area contributed by atoms with Gasteiger partial charge in [0.15, 0.2) is 0 Å². The second kappa shape index (κ2) is 6.39. The number of thiophene rings is 1. The number of methoxy groups -OCH3 is 1. The summed E-state index contributed by atoms with van der Waals surface area (Å²) in [6.45, 7) is 0. The van der Waals surface area contributed by atoms with E-state index in [2.05, 4.69) is 11.4 Å². The van der Waals surface area contributed by atoms with Crippen molar-refractivity contribution in [1.82, 2.24) is 5.32 Å². The second-order valence-electron chi connectivity index (χ2n) is 5.45. The van der Waals surface area contributed by atoms with Crippen molar-refractivity contribution >= 4 is 22.9 Å². The maximum Gasteiger partial charge on any atom is 0.122 e. The van der Waals surface area contributed by atoms with Gasteiger partial charge < -0.3 is 10.1 Å². The highest BCUT2D eigenvalue weighted by atomic mass is 35.5. The molecule has 0 spiro atoms. The predicted molar refractivity (Wildman–Crippen MR) is 89.9 cm³/mol. The van der Waals surface area contributed by atoms with Crippen molar-refractivity contribution in [2.75, 3.05) is 14.2 Å². The van der Waals surface area contributed by atoms with Crippen molar-refractivity contribution in [2.45, 2.75) is 31.7 Å². The number of likely N-dealkylation sites (N-methyl/N-ethyl adjacent to an activating group) is 1. The SMILES string of the molecule is CNC(Cc1cc(Cl)ccc1OC)c1cc2c(s1)CCC2. The molecule has 4 heteroatoms. The highest BCUT2D eigenvalue weighted by Gasteiger charge is 2.20. The number of aryl methyl sites for hydroxylation is 2. The summed E-state index contributed by atoms with van der Waals surface area (Å²) in [4.78, 5) is 2.99. The smallest absolute Gasteiger partial charge is 0.122 e. The summed E-state index contributed by atoms with van der Waals surface area (Å²) in [7, 11) is 3.73. The Balaban J connectivity index is 1.85. The number of hydrogen-bond donors (Lipinski definition) is 1. The van der Waals surface area contributed by atoms with Crippen LogP contribution in [0.3, 0.4) is 0 Å². The highest BCUT2D eigenvalue weighted by Crippen LogP contribution is 2.36. The minimum Gasteiger partial charge on any atom is -0.496 e. The molecule has 0 saturated heterocycles. The lowest BCUT2D eigenvalue weighted by Crippen LogP contribution is -2.18. The second-order valence-corrected chi connectivity index (χ2v) is 7.06. The lowest BCUT2D eigenvalue weighted by Gasteiger charge is -2.17. The third kappa shape index (κ3) is 3.10. The summed E-state index contributed by atoms with van der Waals surface area (Å²) in [6, 6.07) is 8.52. The van der Waals surface area contributed by atoms with Crippen molar-refractivity contribution in [3.63, 3.8) is 0 Å². The summed E-state index contributed by atoms with van der Waals surface area (Å²) >= 11 is 8.09. The fourth-order valence-electron chi connectivity index (χ4n) is 3.00. The van der Waals surface area contributed by atoms with Gasteiger partial charge in [-0.25, -0.2) is 0 Å². The maximum atomic E-state index is 6.13. The Morgan fingerprint density at radius 3 is 2.90 bits per heavy atom. The molecule has 0 saturated carbocycles. The summed E-state index contributed by atoms with van der Waals surface area (Å²) in [5.41, 5.74) is 2.70. The first-order valence-electron chi connectivity index (χ1n) is 7.32. The van der Waals surface area contributed by atoms with Crippen LogP contribution in [0.15, 0.2) is 24.3 Å². The van der Waals surface area contributed by atoms with Crippen LogP contribution in [0.5, 0.6) is 5.75 Å². The van der Waals surface area contributed by atoms with Gasteiger partial charge in [-0.05, 0) is 68.1 Å². The molecule has 1 aromatic heterocycles. The van der Waals surface area contributed by atoms with E-state index in [4.69, 9.17) is 16.3 Å². The predicted octanol–water partition coefficient (Wildman–Crippen LogP) is 4.40. The molecular weight excluding hydrogens is 302 g/mol. The molecule has 0 fully saturated rings. The Morgan fingerprint density at radius 2 is 2.19 bits per heavy atom.